The van der Waals surface area contributed by atoms with Gasteiger partial charge in [-0.3, -0.25) is 9.59 Å². The van der Waals surface area contributed by atoms with Crippen molar-refractivity contribution in [2.24, 2.45) is 11.3 Å². The van der Waals surface area contributed by atoms with Crippen molar-refractivity contribution in [1.82, 2.24) is 10.2 Å². The zero-order valence-corrected chi connectivity index (χ0v) is 13.1. The molecule has 1 saturated heterocycles. The van der Waals surface area contributed by atoms with Crippen LogP contribution >= 0.6 is 0 Å². The summed E-state index contributed by atoms with van der Waals surface area (Å²) in [7, 11) is 0. The molecule has 0 spiro atoms. The first kappa shape index (κ1) is 17.0. The highest BCUT2D eigenvalue weighted by Gasteiger charge is 2.38. The van der Waals surface area contributed by atoms with Crippen LogP contribution < -0.4 is 5.32 Å². The lowest BCUT2D eigenvalue weighted by atomic mass is 9.80. The van der Waals surface area contributed by atoms with E-state index in [4.69, 9.17) is 0 Å². The Kier molecular flexibility index (Phi) is 5.99. The summed E-state index contributed by atoms with van der Waals surface area (Å²) in [5.74, 6) is -2.38. The molecule has 1 atom stereocenters. The highest BCUT2D eigenvalue weighted by molar-refractivity contribution is 5.97. The number of likely N-dealkylation sites (tertiary alicyclic amines) is 1. The molecule has 5 heteroatoms. The van der Waals surface area contributed by atoms with E-state index in [1.165, 1.54) is 0 Å². The molecule has 0 aliphatic carbocycles. The molecule has 1 unspecified atom stereocenters. The van der Waals surface area contributed by atoms with Crippen LogP contribution in [0.2, 0.25) is 0 Å². The molecule has 0 bridgehead atoms. The maximum absolute atomic E-state index is 12.2. The van der Waals surface area contributed by atoms with Gasteiger partial charge in [0.1, 0.15) is 5.92 Å². The average molecular weight is 284 g/mol. The molecule has 0 aromatic carbocycles. The van der Waals surface area contributed by atoms with Crippen LogP contribution in [0.15, 0.2) is 0 Å². The third-order valence-electron chi connectivity index (χ3n) is 3.85. The standard InChI is InChI=1S/C15H28N2O3/c1-5-8-17-9-6-11(7-10-17)16-13(18)12(14(19)20)15(2,3)4/h11-12H,5-10H2,1-4H3,(H,16,18)(H,19,20). The lowest BCUT2D eigenvalue weighted by Gasteiger charge is -2.34. The van der Waals surface area contributed by atoms with Crippen molar-refractivity contribution in [2.45, 2.75) is 53.0 Å². The van der Waals surface area contributed by atoms with Crippen molar-refractivity contribution in [3.8, 4) is 0 Å². The molecule has 1 fully saturated rings. The number of carbonyl (C=O) groups excluding carboxylic acids is 1. The highest BCUT2D eigenvalue weighted by Crippen LogP contribution is 2.26. The molecule has 1 aliphatic rings. The van der Waals surface area contributed by atoms with Gasteiger partial charge in [-0.15, -0.1) is 0 Å². The Hall–Kier alpha value is -1.10. The van der Waals surface area contributed by atoms with E-state index < -0.39 is 17.3 Å². The molecule has 2 N–H and O–H groups in total. The highest BCUT2D eigenvalue weighted by atomic mass is 16.4. The zero-order valence-electron chi connectivity index (χ0n) is 13.1. The first-order chi connectivity index (χ1) is 9.25. The third kappa shape index (κ3) is 4.78. The fourth-order valence-electron chi connectivity index (χ4n) is 2.78. The van der Waals surface area contributed by atoms with Crippen molar-refractivity contribution in [2.75, 3.05) is 19.6 Å². The summed E-state index contributed by atoms with van der Waals surface area (Å²) in [5, 5.41) is 12.2. The maximum Gasteiger partial charge on any atom is 0.316 e. The van der Waals surface area contributed by atoms with Crippen LogP contribution in [-0.2, 0) is 9.59 Å². The number of hydrogen-bond donors (Lipinski definition) is 2. The Morgan fingerprint density at radius 2 is 1.85 bits per heavy atom. The van der Waals surface area contributed by atoms with E-state index in [1.54, 1.807) is 20.8 Å². The van der Waals surface area contributed by atoms with Gasteiger partial charge in [-0.2, -0.15) is 0 Å². The van der Waals surface area contributed by atoms with Crippen molar-refractivity contribution >= 4 is 11.9 Å². The average Bonchev–Trinajstić information content (AvgIpc) is 2.29. The fraction of sp³-hybridized carbons (Fsp3) is 0.867. The van der Waals surface area contributed by atoms with E-state index in [1.807, 2.05) is 0 Å². The topological polar surface area (TPSA) is 69.6 Å². The number of carbonyl (C=O) groups is 2. The van der Waals surface area contributed by atoms with Crippen LogP contribution in [-0.4, -0.2) is 47.6 Å². The molecule has 0 aromatic heterocycles. The molecule has 20 heavy (non-hydrogen) atoms. The van der Waals surface area contributed by atoms with E-state index in [0.717, 1.165) is 38.9 Å². The molecule has 0 aromatic rings. The second kappa shape index (κ2) is 7.07. The van der Waals surface area contributed by atoms with Gasteiger partial charge in [0.05, 0.1) is 0 Å². The largest absolute Gasteiger partial charge is 0.481 e. The normalized spacial score (nSPS) is 19.6. The predicted octanol–water partition coefficient (Wildman–Crippen LogP) is 1.72. The Bertz CT molecular complexity index is 342. The Labute approximate surface area is 121 Å². The maximum atomic E-state index is 12.2. The number of nitrogens with zero attached hydrogens (tertiary/aromatic N) is 1. The summed E-state index contributed by atoms with van der Waals surface area (Å²) in [6.07, 6.45) is 2.95. The fourth-order valence-corrected chi connectivity index (χ4v) is 2.78. The number of hydrogen-bond acceptors (Lipinski definition) is 3. The van der Waals surface area contributed by atoms with Gasteiger partial charge in [0, 0.05) is 19.1 Å². The minimum absolute atomic E-state index is 0.111. The SMILES string of the molecule is CCCN1CCC(NC(=O)C(C(=O)O)C(C)(C)C)CC1. The van der Waals surface area contributed by atoms with Crippen LogP contribution in [0.25, 0.3) is 0 Å². The van der Waals surface area contributed by atoms with Gasteiger partial charge in [0.2, 0.25) is 5.91 Å². The predicted molar refractivity (Wildman–Crippen MR) is 78.5 cm³/mol. The third-order valence-corrected chi connectivity index (χ3v) is 3.85. The number of carboxylic acid groups (broad SMARTS) is 1. The number of nitrogens with one attached hydrogen (secondary N) is 1. The summed E-state index contributed by atoms with van der Waals surface area (Å²) < 4.78 is 0. The lowest BCUT2D eigenvalue weighted by Crippen LogP contribution is -2.50. The van der Waals surface area contributed by atoms with E-state index >= 15 is 0 Å². The minimum Gasteiger partial charge on any atom is -0.481 e. The van der Waals surface area contributed by atoms with Crippen molar-refractivity contribution in [3.05, 3.63) is 0 Å². The molecule has 1 heterocycles. The summed E-state index contributed by atoms with van der Waals surface area (Å²) >= 11 is 0. The minimum atomic E-state index is -1.04. The second-order valence-electron chi connectivity index (χ2n) is 6.76. The monoisotopic (exact) mass is 284 g/mol. The van der Waals surface area contributed by atoms with E-state index in [2.05, 4.69) is 17.1 Å². The smallest absolute Gasteiger partial charge is 0.316 e. The summed E-state index contributed by atoms with van der Waals surface area (Å²) in [6, 6.07) is 0.111. The van der Waals surface area contributed by atoms with Crippen LogP contribution in [0.3, 0.4) is 0 Å². The molecular weight excluding hydrogens is 256 g/mol. The van der Waals surface area contributed by atoms with Crippen molar-refractivity contribution < 1.29 is 14.7 Å². The molecular formula is C15H28N2O3. The Morgan fingerprint density at radius 3 is 2.25 bits per heavy atom. The summed E-state index contributed by atoms with van der Waals surface area (Å²) in [5.41, 5.74) is -0.571. The van der Waals surface area contributed by atoms with Crippen molar-refractivity contribution in [3.63, 3.8) is 0 Å². The molecule has 0 saturated carbocycles. The molecule has 1 rings (SSSR count). The second-order valence-corrected chi connectivity index (χ2v) is 6.76. The van der Waals surface area contributed by atoms with E-state index in [-0.39, 0.29) is 11.9 Å². The Morgan fingerprint density at radius 1 is 1.30 bits per heavy atom. The lowest BCUT2D eigenvalue weighted by molar-refractivity contribution is -0.151. The van der Waals surface area contributed by atoms with Gasteiger partial charge in [-0.1, -0.05) is 27.7 Å². The van der Waals surface area contributed by atoms with Gasteiger partial charge in [0.25, 0.3) is 0 Å². The summed E-state index contributed by atoms with van der Waals surface area (Å²) in [6.45, 7) is 10.6. The molecule has 5 nitrogen and oxygen atoms in total. The van der Waals surface area contributed by atoms with Gasteiger partial charge >= 0.3 is 5.97 Å². The Balaban J connectivity index is 2.52. The van der Waals surface area contributed by atoms with E-state index in [0.29, 0.717) is 0 Å². The number of amides is 1. The van der Waals surface area contributed by atoms with Crippen LogP contribution in [0.5, 0.6) is 0 Å². The van der Waals surface area contributed by atoms with Crippen LogP contribution in [0, 0.1) is 11.3 Å². The zero-order chi connectivity index (χ0) is 15.3. The van der Waals surface area contributed by atoms with Crippen LogP contribution in [0.1, 0.15) is 47.0 Å². The first-order valence-electron chi connectivity index (χ1n) is 7.51. The number of rotatable bonds is 5. The van der Waals surface area contributed by atoms with Gasteiger partial charge in [0.15, 0.2) is 0 Å². The van der Waals surface area contributed by atoms with Crippen molar-refractivity contribution in [1.29, 1.82) is 0 Å². The molecule has 1 aliphatic heterocycles. The van der Waals surface area contributed by atoms with Gasteiger partial charge < -0.3 is 15.3 Å². The molecule has 116 valence electrons. The first-order valence-corrected chi connectivity index (χ1v) is 7.51. The molecule has 1 amide bonds. The van der Waals surface area contributed by atoms with Gasteiger partial charge in [-0.25, -0.2) is 0 Å². The quantitative estimate of drug-likeness (QED) is 0.754. The molecule has 0 radical (unpaired) electrons. The van der Waals surface area contributed by atoms with Gasteiger partial charge in [-0.05, 0) is 31.2 Å². The summed E-state index contributed by atoms with van der Waals surface area (Å²) in [4.78, 5) is 25.9. The van der Waals surface area contributed by atoms with E-state index in [9.17, 15) is 14.7 Å². The number of piperidine rings is 1. The number of carboxylic acids is 1. The number of aliphatic carboxylic acids is 1. The van der Waals surface area contributed by atoms with Crippen LogP contribution in [0.4, 0.5) is 0 Å².